The van der Waals surface area contributed by atoms with Crippen LogP contribution in [0.5, 0.6) is 0 Å². The van der Waals surface area contributed by atoms with Crippen LogP contribution in [-0.4, -0.2) is 5.16 Å². The zero-order valence-corrected chi connectivity index (χ0v) is 15.1. The normalized spacial score (nSPS) is 12.0. The summed E-state index contributed by atoms with van der Waals surface area (Å²) < 4.78 is 7.32. The zero-order chi connectivity index (χ0) is 18.6. The molecule has 0 aliphatic heterocycles. The Labute approximate surface area is 157 Å². The number of aromatic amines is 1. The number of hydrogen-bond acceptors (Lipinski definition) is 2. The first-order valence-corrected chi connectivity index (χ1v) is 9.00. The number of hydrogen-bond donors (Lipinski definition) is 1. The van der Waals surface area contributed by atoms with E-state index in [1.807, 2.05) is 67.0 Å². The Morgan fingerprint density at radius 2 is 1.70 bits per heavy atom. The summed E-state index contributed by atoms with van der Waals surface area (Å²) in [5, 5.41) is 2.84. The zero-order valence-electron chi connectivity index (χ0n) is 15.1. The van der Waals surface area contributed by atoms with E-state index in [1.54, 1.807) is 0 Å². The first-order valence-electron chi connectivity index (χ1n) is 9.00. The van der Waals surface area contributed by atoms with Gasteiger partial charge in [-0.3, -0.25) is 0 Å². The van der Waals surface area contributed by atoms with Crippen LogP contribution in [0.1, 0.15) is 22.6 Å². The average Bonchev–Trinajstić information content (AvgIpc) is 3.09. The van der Waals surface area contributed by atoms with Crippen molar-refractivity contribution >= 4 is 0 Å². The van der Waals surface area contributed by atoms with Gasteiger partial charge in [-0.25, -0.2) is 14.5 Å². The number of nitrogens with one attached hydrogen (secondary N) is 1. The van der Waals surface area contributed by atoms with Crippen molar-refractivity contribution in [2.24, 2.45) is 0 Å². The SMILES string of the molecule is Cc1cccc(C(C[n+]2ccccc2)c2c(-c3ccccc3)[nH]oc2=O)c1. The van der Waals surface area contributed by atoms with Gasteiger partial charge in [0.1, 0.15) is 0 Å². The van der Waals surface area contributed by atoms with E-state index in [0.29, 0.717) is 12.1 Å². The van der Waals surface area contributed by atoms with Gasteiger partial charge in [0.25, 0.3) is 0 Å². The number of aromatic nitrogens is 2. The highest BCUT2D eigenvalue weighted by Gasteiger charge is 2.28. The van der Waals surface area contributed by atoms with E-state index < -0.39 is 0 Å². The molecule has 4 heteroatoms. The molecule has 0 saturated carbocycles. The third-order valence-corrected chi connectivity index (χ3v) is 4.76. The van der Waals surface area contributed by atoms with Crippen molar-refractivity contribution in [2.45, 2.75) is 19.4 Å². The largest absolute Gasteiger partial charge is 0.361 e. The van der Waals surface area contributed by atoms with E-state index in [1.165, 1.54) is 0 Å². The minimum Gasteiger partial charge on any atom is -0.338 e. The van der Waals surface area contributed by atoms with Crippen LogP contribution in [0, 0.1) is 6.92 Å². The van der Waals surface area contributed by atoms with Gasteiger partial charge in [-0.15, -0.1) is 0 Å². The third-order valence-electron chi connectivity index (χ3n) is 4.76. The van der Waals surface area contributed by atoms with Crippen LogP contribution in [-0.2, 0) is 6.54 Å². The molecule has 134 valence electrons. The third kappa shape index (κ3) is 3.60. The van der Waals surface area contributed by atoms with Crippen molar-refractivity contribution in [3.05, 3.63) is 112 Å². The average molecular weight is 357 g/mol. The lowest BCUT2D eigenvalue weighted by atomic mass is 9.88. The van der Waals surface area contributed by atoms with E-state index in [-0.39, 0.29) is 11.5 Å². The van der Waals surface area contributed by atoms with Gasteiger partial charge in [0, 0.05) is 17.7 Å². The van der Waals surface area contributed by atoms with Crippen molar-refractivity contribution in [1.82, 2.24) is 5.16 Å². The van der Waals surface area contributed by atoms with Gasteiger partial charge in [0.05, 0.1) is 17.2 Å². The van der Waals surface area contributed by atoms with Gasteiger partial charge in [0.2, 0.25) is 0 Å². The molecule has 0 fully saturated rings. The van der Waals surface area contributed by atoms with Crippen LogP contribution in [0.3, 0.4) is 0 Å². The van der Waals surface area contributed by atoms with Gasteiger partial charge in [-0.1, -0.05) is 66.2 Å². The highest BCUT2D eigenvalue weighted by Crippen LogP contribution is 2.31. The van der Waals surface area contributed by atoms with Gasteiger partial charge in [-0.05, 0) is 12.5 Å². The van der Waals surface area contributed by atoms with Gasteiger partial charge >= 0.3 is 5.63 Å². The molecule has 1 unspecified atom stereocenters. The Bertz CT molecular complexity index is 1080. The molecule has 1 atom stereocenters. The predicted molar refractivity (Wildman–Crippen MR) is 104 cm³/mol. The van der Waals surface area contributed by atoms with Crippen LogP contribution in [0.25, 0.3) is 11.3 Å². The molecular formula is C23H21N2O2+. The summed E-state index contributed by atoms with van der Waals surface area (Å²) in [6, 6.07) is 24.1. The van der Waals surface area contributed by atoms with Gasteiger partial charge < -0.3 is 4.52 Å². The Morgan fingerprint density at radius 1 is 0.963 bits per heavy atom. The summed E-state index contributed by atoms with van der Waals surface area (Å²) in [6.07, 6.45) is 4.03. The molecule has 2 heterocycles. The number of H-pyrrole nitrogens is 1. The van der Waals surface area contributed by atoms with Crippen LogP contribution >= 0.6 is 0 Å². The molecule has 4 rings (SSSR count). The fourth-order valence-corrected chi connectivity index (χ4v) is 3.46. The van der Waals surface area contributed by atoms with Crippen molar-refractivity contribution in [3.8, 4) is 11.3 Å². The van der Waals surface area contributed by atoms with Gasteiger partial charge in [0.15, 0.2) is 18.9 Å². The summed E-state index contributed by atoms with van der Waals surface area (Å²) >= 11 is 0. The van der Waals surface area contributed by atoms with Crippen molar-refractivity contribution < 1.29 is 9.09 Å². The monoisotopic (exact) mass is 357 g/mol. The number of nitrogens with zero attached hydrogens (tertiary/aromatic N) is 1. The molecule has 27 heavy (non-hydrogen) atoms. The second-order valence-corrected chi connectivity index (χ2v) is 6.69. The van der Waals surface area contributed by atoms with Crippen LogP contribution < -0.4 is 10.2 Å². The maximum absolute atomic E-state index is 12.7. The molecule has 1 N–H and O–H groups in total. The fraction of sp³-hybridized carbons (Fsp3) is 0.130. The van der Waals surface area contributed by atoms with E-state index in [0.717, 1.165) is 22.4 Å². The summed E-state index contributed by atoms with van der Waals surface area (Å²) in [7, 11) is 0. The Hall–Kier alpha value is -3.40. The number of pyridine rings is 1. The molecule has 0 aliphatic carbocycles. The molecule has 4 aromatic rings. The van der Waals surface area contributed by atoms with E-state index >= 15 is 0 Å². The van der Waals surface area contributed by atoms with Crippen molar-refractivity contribution in [2.75, 3.05) is 0 Å². The number of rotatable bonds is 5. The smallest absolute Gasteiger partial charge is 0.338 e. The van der Waals surface area contributed by atoms with Crippen LogP contribution in [0.4, 0.5) is 0 Å². The summed E-state index contributed by atoms with van der Waals surface area (Å²) in [5.74, 6) is -0.130. The van der Waals surface area contributed by atoms with Gasteiger partial charge in [-0.2, -0.15) is 0 Å². The predicted octanol–water partition coefficient (Wildman–Crippen LogP) is 4.06. The van der Waals surface area contributed by atoms with E-state index in [4.69, 9.17) is 4.52 Å². The second kappa shape index (κ2) is 7.46. The summed E-state index contributed by atoms with van der Waals surface area (Å²) in [6.45, 7) is 2.71. The highest BCUT2D eigenvalue weighted by molar-refractivity contribution is 5.63. The van der Waals surface area contributed by atoms with Crippen molar-refractivity contribution in [3.63, 3.8) is 0 Å². The number of aryl methyl sites for hydroxylation is 1. The molecule has 0 radical (unpaired) electrons. The molecule has 0 amide bonds. The maximum Gasteiger partial charge on any atom is 0.361 e. The molecule has 0 saturated heterocycles. The molecule has 0 spiro atoms. The minimum absolute atomic E-state index is 0.130. The minimum atomic E-state index is -0.322. The van der Waals surface area contributed by atoms with E-state index in [2.05, 4.69) is 34.8 Å². The van der Waals surface area contributed by atoms with Crippen molar-refractivity contribution in [1.29, 1.82) is 0 Å². The fourth-order valence-electron chi connectivity index (χ4n) is 3.46. The molecule has 0 aliphatic rings. The standard InChI is InChI=1S/C23H20N2O2/c1-17-9-8-12-19(15-17)20(16-25-13-6-3-7-14-25)21-22(24-27-23(21)26)18-10-4-2-5-11-18/h2-15,20H,16H2,1H3/p+1. The van der Waals surface area contributed by atoms with E-state index in [9.17, 15) is 4.79 Å². The second-order valence-electron chi connectivity index (χ2n) is 6.69. The Kier molecular flexibility index (Phi) is 4.71. The molecule has 4 nitrogen and oxygen atoms in total. The Balaban J connectivity index is 1.87. The molecule has 0 bridgehead atoms. The lowest BCUT2D eigenvalue weighted by Gasteiger charge is -2.14. The maximum atomic E-state index is 12.7. The highest BCUT2D eigenvalue weighted by atomic mass is 16.5. The Morgan fingerprint density at radius 3 is 2.44 bits per heavy atom. The lowest BCUT2D eigenvalue weighted by molar-refractivity contribution is -0.698. The topological polar surface area (TPSA) is 49.9 Å². The molecule has 2 aromatic carbocycles. The first-order chi connectivity index (χ1) is 13.2. The molecular weight excluding hydrogens is 336 g/mol. The molecule has 2 aromatic heterocycles. The van der Waals surface area contributed by atoms with Crippen LogP contribution in [0.15, 0.2) is 94.5 Å². The number of benzene rings is 2. The van der Waals surface area contributed by atoms with Crippen LogP contribution in [0.2, 0.25) is 0 Å². The first kappa shape index (κ1) is 17.0. The summed E-state index contributed by atoms with van der Waals surface area (Å²) in [4.78, 5) is 12.7. The lowest BCUT2D eigenvalue weighted by Crippen LogP contribution is -2.37. The summed E-state index contributed by atoms with van der Waals surface area (Å²) in [5.41, 5.74) is 4.27. The quantitative estimate of drug-likeness (QED) is 0.548.